The van der Waals surface area contributed by atoms with Gasteiger partial charge in [-0.3, -0.25) is 4.57 Å². The third-order valence-electron chi connectivity index (χ3n) is 6.18. The number of fused-ring (bicyclic) bond motifs is 2. The third-order valence-corrected chi connectivity index (χ3v) is 7.13. The summed E-state index contributed by atoms with van der Waals surface area (Å²) in [6, 6.07) is 7.03. The molecule has 2 aliphatic rings. The summed E-state index contributed by atoms with van der Waals surface area (Å²) in [5.74, 6) is 0.447. The molecule has 1 atom stereocenters. The Morgan fingerprint density at radius 1 is 1.06 bits per heavy atom. The van der Waals surface area contributed by atoms with E-state index in [0.717, 1.165) is 29.8 Å². The number of thiazole rings is 1. The zero-order valence-corrected chi connectivity index (χ0v) is 19.5. The molecular weight excluding hydrogens is 476 g/mol. The van der Waals surface area contributed by atoms with Gasteiger partial charge in [-0.05, 0) is 25.0 Å². The van der Waals surface area contributed by atoms with Crippen molar-refractivity contribution in [3.8, 4) is 5.95 Å². The van der Waals surface area contributed by atoms with Gasteiger partial charge in [0.1, 0.15) is 0 Å². The van der Waals surface area contributed by atoms with Crippen LogP contribution in [0.5, 0.6) is 0 Å². The van der Waals surface area contributed by atoms with Crippen molar-refractivity contribution in [3.63, 3.8) is 0 Å². The van der Waals surface area contributed by atoms with Crippen molar-refractivity contribution in [2.75, 3.05) is 42.3 Å². The fourth-order valence-electron chi connectivity index (χ4n) is 4.53. The summed E-state index contributed by atoms with van der Waals surface area (Å²) in [5.41, 5.74) is 7.89. The summed E-state index contributed by atoms with van der Waals surface area (Å²) in [4.78, 5) is 25.5. The molecule has 35 heavy (non-hydrogen) atoms. The Morgan fingerprint density at radius 3 is 2.69 bits per heavy atom. The summed E-state index contributed by atoms with van der Waals surface area (Å²) in [5, 5.41) is 3.98. The number of ether oxygens (including phenoxy) is 1. The minimum Gasteiger partial charge on any atom is -0.378 e. The molecule has 1 unspecified atom stereocenters. The first kappa shape index (κ1) is 22.0. The van der Waals surface area contributed by atoms with E-state index in [1.165, 1.54) is 15.9 Å². The van der Waals surface area contributed by atoms with Gasteiger partial charge in [0.25, 0.3) is 6.43 Å². The molecule has 0 bridgehead atoms. The van der Waals surface area contributed by atoms with Gasteiger partial charge in [-0.2, -0.15) is 15.0 Å². The van der Waals surface area contributed by atoms with Gasteiger partial charge in [0.15, 0.2) is 11.0 Å². The zero-order valence-electron chi connectivity index (χ0n) is 18.7. The molecule has 1 aliphatic carbocycles. The van der Waals surface area contributed by atoms with Crippen LogP contribution in [0.15, 0.2) is 24.3 Å². The van der Waals surface area contributed by atoms with E-state index in [-0.39, 0.29) is 12.0 Å². The van der Waals surface area contributed by atoms with Crippen LogP contribution in [0.25, 0.3) is 17.0 Å². The molecule has 182 valence electrons. The Kier molecular flexibility index (Phi) is 5.65. The number of aromatic nitrogens is 6. The topological polar surface area (TPSA) is 120 Å². The summed E-state index contributed by atoms with van der Waals surface area (Å²) < 4.78 is 34.8. The highest BCUT2D eigenvalue weighted by atomic mass is 32.1. The molecule has 1 fully saturated rings. The lowest BCUT2D eigenvalue weighted by Gasteiger charge is -2.28. The lowest BCUT2D eigenvalue weighted by Crippen LogP contribution is -2.38. The normalized spacial score (nSPS) is 18.3. The van der Waals surface area contributed by atoms with Crippen LogP contribution in [-0.4, -0.2) is 61.8 Å². The van der Waals surface area contributed by atoms with Crippen molar-refractivity contribution in [2.24, 2.45) is 0 Å². The maximum atomic E-state index is 14.0. The first-order valence-electron chi connectivity index (χ1n) is 11.4. The maximum absolute atomic E-state index is 14.0. The van der Waals surface area contributed by atoms with E-state index < -0.39 is 12.2 Å². The van der Waals surface area contributed by atoms with Gasteiger partial charge >= 0.3 is 0 Å². The summed E-state index contributed by atoms with van der Waals surface area (Å²) in [7, 11) is 0. The standard InChI is InChI=1S/C22H23F2N9OS/c23-17(24)18-27-13-3-1-2-4-15(13)33(18)22-30-20(29-21(31-22)32-7-9-34-10-8-32)26-12-5-6-14-16(11-12)35-19(25)28-14/h1-4,12,17H,5-11H2,(H2,25,28)(H,26,29,30,31). The largest absolute Gasteiger partial charge is 0.378 e. The number of nitrogens with two attached hydrogens (primary N) is 1. The number of rotatable bonds is 5. The molecule has 1 saturated heterocycles. The van der Waals surface area contributed by atoms with Crippen LogP contribution >= 0.6 is 11.3 Å². The summed E-state index contributed by atoms with van der Waals surface area (Å²) >= 11 is 1.49. The number of alkyl halides is 2. The predicted molar refractivity (Wildman–Crippen MR) is 128 cm³/mol. The summed E-state index contributed by atoms with van der Waals surface area (Å²) in [6.45, 7) is 2.28. The average Bonchev–Trinajstić information content (AvgIpc) is 3.44. The molecular formula is C22H23F2N9OS. The predicted octanol–water partition coefficient (Wildman–Crippen LogP) is 2.99. The minimum absolute atomic E-state index is 0.0595. The van der Waals surface area contributed by atoms with E-state index in [0.29, 0.717) is 54.4 Å². The number of hydrogen-bond donors (Lipinski definition) is 2. The molecule has 4 heterocycles. The van der Waals surface area contributed by atoms with E-state index in [1.807, 2.05) is 4.90 Å². The van der Waals surface area contributed by atoms with Gasteiger partial charge in [0.05, 0.1) is 29.9 Å². The molecule has 0 amide bonds. The van der Waals surface area contributed by atoms with Gasteiger partial charge in [-0.15, -0.1) is 11.3 Å². The van der Waals surface area contributed by atoms with Crippen molar-refractivity contribution < 1.29 is 13.5 Å². The van der Waals surface area contributed by atoms with Crippen molar-refractivity contribution in [1.29, 1.82) is 0 Å². The smallest absolute Gasteiger partial charge is 0.296 e. The lowest BCUT2D eigenvalue weighted by molar-refractivity contribution is 0.122. The van der Waals surface area contributed by atoms with Crippen LogP contribution in [-0.2, 0) is 17.6 Å². The summed E-state index contributed by atoms with van der Waals surface area (Å²) in [6.07, 6.45) is -0.415. The van der Waals surface area contributed by atoms with Crippen LogP contribution < -0.4 is 16.0 Å². The average molecular weight is 500 g/mol. The SMILES string of the molecule is Nc1nc2c(s1)CC(Nc1nc(N3CCOCC3)nc(-n3c(C(F)F)nc4ccccc43)n1)CC2. The van der Waals surface area contributed by atoms with Crippen LogP contribution in [0.2, 0.25) is 0 Å². The number of nitrogen functional groups attached to an aromatic ring is 1. The molecule has 4 aromatic rings. The van der Waals surface area contributed by atoms with E-state index in [2.05, 4.69) is 30.2 Å². The Balaban J connectivity index is 1.41. The Hall–Kier alpha value is -3.45. The van der Waals surface area contributed by atoms with Gasteiger partial charge < -0.3 is 20.7 Å². The lowest BCUT2D eigenvalue weighted by atomic mass is 9.98. The third kappa shape index (κ3) is 4.25. The zero-order chi connectivity index (χ0) is 23.9. The first-order valence-corrected chi connectivity index (χ1v) is 12.2. The number of imidazole rings is 1. The van der Waals surface area contributed by atoms with Gasteiger partial charge in [0, 0.05) is 30.4 Å². The van der Waals surface area contributed by atoms with Gasteiger partial charge in [-0.1, -0.05) is 12.1 Å². The fourth-order valence-corrected chi connectivity index (χ4v) is 5.48. The number of para-hydroxylation sites is 2. The Bertz CT molecular complexity index is 1370. The molecule has 0 saturated carbocycles. The number of benzene rings is 1. The number of aryl methyl sites for hydroxylation is 1. The molecule has 3 N–H and O–H groups in total. The van der Waals surface area contributed by atoms with E-state index in [1.54, 1.807) is 24.3 Å². The number of nitrogens with zero attached hydrogens (tertiary/aromatic N) is 7. The van der Waals surface area contributed by atoms with Crippen molar-refractivity contribution in [2.45, 2.75) is 31.7 Å². The monoisotopic (exact) mass is 499 g/mol. The number of hydrogen-bond acceptors (Lipinski definition) is 10. The van der Waals surface area contributed by atoms with Gasteiger partial charge in [0.2, 0.25) is 17.8 Å². The first-order chi connectivity index (χ1) is 17.0. The van der Waals surface area contributed by atoms with Crippen molar-refractivity contribution in [1.82, 2.24) is 29.5 Å². The molecule has 0 radical (unpaired) electrons. The van der Waals surface area contributed by atoms with Crippen LogP contribution in [0.3, 0.4) is 0 Å². The maximum Gasteiger partial charge on any atom is 0.296 e. The second-order valence-corrected chi connectivity index (χ2v) is 9.57. The number of morpholine rings is 1. The van der Waals surface area contributed by atoms with Crippen LogP contribution in [0.4, 0.5) is 25.8 Å². The van der Waals surface area contributed by atoms with Crippen molar-refractivity contribution >= 4 is 39.4 Å². The molecule has 10 nitrogen and oxygen atoms in total. The number of anilines is 3. The second kappa shape index (κ2) is 8.96. The number of halogens is 2. The molecule has 3 aromatic heterocycles. The molecule has 13 heteroatoms. The molecule has 0 spiro atoms. The van der Waals surface area contributed by atoms with E-state index in [4.69, 9.17) is 10.5 Å². The highest BCUT2D eigenvalue weighted by molar-refractivity contribution is 7.15. The van der Waals surface area contributed by atoms with E-state index in [9.17, 15) is 8.78 Å². The number of nitrogens with one attached hydrogen (secondary N) is 1. The van der Waals surface area contributed by atoms with E-state index >= 15 is 0 Å². The van der Waals surface area contributed by atoms with Crippen LogP contribution in [0.1, 0.15) is 29.2 Å². The van der Waals surface area contributed by atoms with Crippen LogP contribution in [0, 0.1) is 0 Å². The molecule has 6 rings (SSSR count). The Labute approximate surface area is 203 Å². The minimum atomic E-state index is -2.80. The Morgan fingerprint density at radius 2 is 1.86 bits per heavy atom. The second-order valence-electron chi connectivity index (χ2n) is 8.46. The highest BCUT2D eigenvalue weighted by Crippen LogP contribution is 2.30. The van der Waals surface area contributed by atoms with Gasteiger partial charge in [-0.25, -0.2) is 18.7 Å². The quantitative estimate of drug-likeness (QED) is 0.427. The molecule has 1 aromatic carbocycles. The van der Waals surface area contributed by atoms with Crippen molar-refractivity contribution in [3.05, 3.63) is 40.7 Å². The molecule has 1 aliphatic heterocycles. The highest BCUT2D eigenvalue weighted by Gasteiger charge is 2.26. The fraction of sp³-hybridized carbons (Fsp3) is 0.409.